The van der Waals surface area contributed by atoms with Gasteiger partial charge in [-0.2, -0.15) is 0 Å². The third kappa shape index (κ3) is 2.97. The monoisotopic (exact) mass is 298 g/mol. The summed E-state index contributed by atoms with van der Waals surface area (Å²) in [7, 11) is 0. The van der Waals surface area contributed by atoms with Crippen LogP contribution in [0.15, 0.2) is 54.6 Å². The number of hydrogen-bond acceptors (Lipinski definition) is 4. The summed E-state index contributed by atoms with van der Waals surface area (Å²) in [5.41, 5.74) is 1.65. The summed E-state index contributed by atoms with van der Waals surface area (Å²) in [6.07, 6.45) is 0. The number of para-hydroxylation sites is 1. The number of nitrogens with one attached hydrogen (secondary N) is 1. The first kappa shape index (κ1) is 14.2. The average molecular weight is 298 g/mol. The summed E-state index contributed by atoms with van der Waals surface area (Å²) in [5.74, 6) is 0. The molecule has 0 amide bonds. The highest BCUT2D eigenvalue weighted by molar-refractivity contribution is 7.18. The molecular formula is C17H18N2OS. The molecule has 0 aliphatic carbocycles. The molecule has 0 aliphatic heterocycles. The number of nitrogens with zero attached hydrogens (tertiary/aromatic N) is 1. The smallest absolute Gasteiger partial charge is 0.108 e. The summed E-state index contributed by atoms with van der Waals surface area (Å²) < 4.78 is 1.19. The number of aliphatic hydroxyl groups is 1. The standard InChI is InChI=1S/C17H18N2OS/c1-17(12-20,13-7-3-2-4-8-13)18-11-16-19-14-9-5-6-10-15(14)21-16/h2-10,18,20H,11-12H2,1H3. The minimum Gasteiger partial charge on any atom is -0.394 e. The van der Waals surface area contributed by atoms with Crippen molar-refractivity contribution in [2.75, 3.05) is 6.61 Å². The largest absolute Gasteiger partial charge is 0.394 e. The predicted molar refractivity (Wildman–Crippen MR) is 87.3 cm³/mol. The van der Waals surface area contributed by atoms with Crippen LogP contribution in [0.4, 0.5) is 0 Å². The molecule has 3 nitrogen and oxygen atoms in total. The van der Waals surface area contributed by atoms with Crippen molar-refractivity contribution in [1.29, 1.82) is 0 Å². The number of hydrogen-bond donors (Lipinski definition) is 2. The zero-order valence-corrected chi connectivity index (χ0v) is 12.7. The molecule has 1 aromatic heterocycles. The Bertz CT molecular complexity index is 693. The van der Waals surface area contributed by atoms with E-state index in [1.54, 1.807) is 11.3 Å². The number of fused-ring (bicyclic) bond motifs is 1. The molecule has 0 bridgehead atoms. The van der Waals surface area contributed by atoms with E-state index in [9.17, 15) is 5.11 Å². The van der Waals surface area contributed by atoms with Gasteiger partial charge in [-0.15, -0.1) is 11.3 Å². The van der Waals surface area contributed by atoms with Gasteiger partial charge in [0.05, 0.1) is 22.4 Å². The number of rotatable bonds is 5. The van der Waals surface area contributed by atoms with Crippen LogP contribution in [0, 0.1) is 0 Å². The van der Waals surface area contributed by atoms with E-state index in [0.29, 0.717) is 6.54 Å². The zero-order valence-electron chi connectivity index (χ0n) is 11.9. The van der Waals surface area contributed by atoms with E-state index in [-0.39, 0.29) is 6.61 Å². The maximum atomic E-state index is 9.78. The molecule has 0 saturated carbocycles. The van der Waals surface area contributed by atoms with Gasteiger partial charge in [0, 0.05) is 6.54 Å². The Morgan fingerprint density at radius 2 is 1.81 bits per heavy atom. The molecule has 108 valence electrons. The van der Waals surface area contributed by atoms with Crippen molar-refractivity contribution in [2.24, 2.45) is 0 Å². The molecule has 3 aromatic rings. The van der Waals surface area contributed by atoms with Gasteiger partial charge in [0.25, 0.3) is 0 Å². The lowest BCUT2D eigenvalue weighted by Crippen LogP contribution is -2.42. The minimum atomic E-state index is -0.459. The van der Waals surface area contributed by atoms with E-state index in [2.05, 4.69) is 16.4 Å². The van der Waals surface area contributed by atoms with Crippen molar-refractivity contribution in [1.82, 2.24) is 10.3 Å². The fraction of sp³-hybridized carbons (Fsp3) is 0.235. The maximum absolute atomic E-state index is 9.78. The molecule has 1 atom stereocenters. The topological polar surface area (TPSA) is 45.1 Å². The Labute approximate surface area is 128 Å². The molecule has 0 fully saturated rings. The second kappa shape index (κ2) is 5.93. The maximum Gasteiger partial charge on any atom is 0.108 e. The highest BCUT2D eigenvalue weighted by Gasteiger charge is 2.25. The number of aliphatic hydroxyl groups excluding tert-OH is 1. The van der Waals surface area contributed by atoms with Crippen LogP contribution in [0.25, 0.3) is 10.2 Å². The first-order valence-electron chi connectivity index (χ1n) is 6.97. The molecule has 0 radical (unpaired) electrons. The van der Waals surface area contributed by atoms with Crippen molar-refractivity contribution in [3.63, 3.8) is 0 Å². The van der Waals surface area contributed by atoms with Gasteiger partial charge in [0.1, 0.15) is 5.01 Å². The fourth-order valence-corrected chi connectivity index (χ4v) is 3.23. The van der Waals surface area contributed by atoms with Crippen molar-refractivity contribution in [3.05, 3.63) is 65.2 Å². The molecular weight excluding hydrogens is 280 g/mol. The van der Waals surface area contributed by atoms with Crippen molar-refractivity contribution < 1.29 is 5.11 Å². The third-order valence-corrected chi connectivity index (χ3v) is 4.73. The minimum absolute atomic E-state index is 0.0436. The lowest BCUT2D eigenvalue weighted by molar-refractivity contribution is 0.173. The summed E-state index contributed by atoms with van der Waals surface area (Å²) in [6, 6.07) is 18.2. The molecule has 3 rings (SSSR count). The van der Waals surface area contributed by atoms with Crippen LogP contribution in [-0.4, -0.2) is 16.7 Å². The Kier molecular flexibility index (Phi) is 4.01. The summed E-state index contributed by atoms with van der Waals surface area (Å²) in [5, 5.41) is 14.2. The first-order valence-corrected chi connectivity index (χ1v) is 7.79. The van der Waals surface area contributed by atoms with Gasteiger partial charge < -0.3 is 5.11 Å². The molecule has 0 spiro atoms. The highest BCUT2D eigenvalue weighted by Crippen LogP contribution is 2.24. The number of aromatic nitrogens is 1. The lowest BCUT2D eigenvalue weighted by atomic mass is 9.93. The zero-order chi connectivity index (χ0) is 14.7. The van der Waals surface area contributed by atoms with Crippen LogP contribution in [0.1, 0.15) is 17.5 Å². The summed E-state index contributed by atoms with van der Waals surface area (Å²) in [6.45, 7) is 2.70. The fourth-order valence-electron chi connectivity index (χ4n) is 2.32. The van der Waals surface area contributed by atoms with Crippen LogP contribution in [0.5, 0.6) is 0 Å². The van der Waals surface area contributed by atoms with Gasteiger partial charge in [-0.3, -0.25) is 5.32 Å². The van der Waals surface area contributed by atoms with Gasteiger partial charge >= 0.3 is 0 Å². The summed E-state index contributed by atoms with van der Waals surface area (Å²) >= 11 is 1.69. The van der Waals surface area contributed by atoms with Gasteiger partial charge in [0.15, 0.2) is 0 Å². The molecule has 4 heteroatoms. The van der Waals surface area contributed by atoms with Crippen LogP contribution >= 0.6 is 11.3 Å². The Hall–Kier alpha value is -1.75. The normalized spacial score (nSPS) is 14.2. The molecule has 1 heterocycles. The van der Waals surface area contributed by atoms with E-state index < -0.39 is 5.54 Å². The number of benzene rings is 2. The lowest BCUT2D eigenvalue weighted by Gasteiger charge is -2.29. The van der Waals surface area contributed by atoms with Crippen molar-refractivity contribution in [2.45, 2.75) is 19.0 Å². The van der Waals surface area contributed by atoms with Crippen LogP contribution < -0.4 is 5.32 Å². The first-order chi connectivity index (χ1) is 10.2. The molecule has 1 unspecified atom stereocenters. The molecule has 2 N–H and O–H groups in total. The Morgan fingerprint density at radius 1 is 1.10 bits per heavy atom. The second-order valence-corrected chi connectivity index (χ2v) is 6.40. The molecule has 21 heavy (non-hydrogen) atoms. The van der Waals surface area contributed by atoms with Crippen LogP contribution in [0.2, 0.25) is 0 Å². The van der Waals surface area contributed by atoms with Gasteiger partial charge in [-0.1, -0.05) is 42.5 Å². The van der Waals surface area contributed by atoms with E-state index >= 15 is 0 Å². The van der Waals surface area contributed by atoms with E-state index in [0.717, 1.165) is 16.1 Å². The summed E-state index contributed by atoms with van der Waals surface area (Å²) in [4.78, 5) is 4.62. The highest BCUT2D eigenvalue weighted by atomic mass is 32.1. The predicted octanol–water partition coefficient (Wildman–Crippen LogP) is 3.29. The Morgan fingerprint density at radius 3 is 2.52 bits per heavy atom. The van der Waals surface area contributed by atoms with Crippen molar-refractivity contribution >= 4 is 21.6 Å². The van der Waals surface area contributed by atoms with E-state index in [4.69, 9.17) is 0 Å². The van der Waals surface area contributed by atoms with Crippen LogP contribution in [0.3, 0.4) is 0 Å². The van der Waals surface area contributed by atoms with Crippen molar-refractivity contribution in [3.8, 4) is 0 Å². The van der Waals surface area contributed by atoms with Gasteiger partial charge in [-0.25, -0.2) is 4.98 Å². The second-order valence-electron chi connectivity index (χ2n) is 5.29. The third-order valence-electron chi connectivity index (χ3n) is 3.70. The molecule has 0 saturated heterocycles. The van der Waals surface area contributed by atoms with Gasteiger partial charge in [0.2, 0.25) is 0 Å². The molecule has 0 aliphatic rings. The average Bonchev–Trinajstić information content (AvgIpc) is 2.96. The van der Waals surface area contributed by atoms with Gasteiger partial charge in [-0.05, 0) is 24.6 Å². The SMILES string of the molecule is CC(CO)(NCc1nc2ccccc2s1)c1ccccc1. The van der Waals surface area contributed by atoms with E-state index in [1.807, 2.05) is 55.5 Å². The van der Waals surface area contributed by atoms with Crippen LogP contribution in [-0.2, 0) is 12.1 Å². The molecule has 2 aromatic carbocycles. The quantitative estimate of drug-likeness (QED) is 0.759. The van der Waals surface area contributed by atoms with E-state index in [1.165, 1.54) is 4.70 Å². The number of thiazole rings is 1. The Balaban J connectivity index is 1.78.